The molecule has 2 N–H and O–H groups in total. The van der Waals surface area contributed by atoms with E-state index in [1.54, 1.807) is 0 Å². The number of amides is 1. The number of rotatable bonds is 6. The van der Waals surface area contributed by atoms with Crippen LogP contribution in [0.2, 0.25) is 0 Å². The molecule has 1 amide bonds. The van der Waals surface area contributed by atoms with E-state index < -0.39 is 17.5 Å². The molecule has 0 bridgehead atoms. The largest absolute Gasteiger partial charge is 0.330 e. The minimum atomic E-state index is -0.689. The van der Waals surface area contributed by atoms with Gasteiger partial charge in [-0.15, -0.1) is 10.2 Å². The molecule has 1 aromatic heterocycles. The molecule has 140 valence electrons. The molecule has 0 radical (unpaired) electrons. The quantitative estimate of drug-likeness (QED) is 0.570. The van der Waals surface area contributed by atoms with Gasteiger partial charge in [0, 0.05) is 11.8 Å². The predicted octanol–water partition coefficient (Wildman–Crippen LogP) is 4.91. The van der Waals surface area contributed by atoms with Crippen LogP contribution in [-0.2, 0) is 4.79 Å². The van der Waals surface area contributed by atoms with Crippen LogP contribution in [0.5, 0.6) is 0 Å². The summed E-state index contributed by atoms with van der Waals surface area (Å²) in [4.78, 5) is 11.9. The monoisotopic (exact) mass is 406 g/mol. The maximum atomic E-state index is 13.5. The van der Waals surface area contributed by atoms with Crippen LogP contribution >= 0.6 is 23.1 Å². The molecule has 0 fully saturated rings. The number of carbonyl (C=O) groups is 1. The minimum absolute atomic E-state index is 0.00808. The molecule has 0 aliphatic carbocycles. The van der Waals surface area contributed by atoms with Crippen LogP contribution in [0.1, 0.15) is 11.1 Å². The number of carbonyl (C=O) groups excluding carboxylic acids is 1. The first-order valence-electron chi connectivity index (χ1n) is 7.96. The summed E-state index contributed by atoms with van der Waals surface area (Å²) < 4.78 is 27.3. The zero-order valence-electron chi connectivity index (χ0n) is 14.5. The molecule has 2 aromatic carbocycles. The van der Waals surface area contributed by atoms with Crippen molar-refractivity contribution in [3.05, 3.63) is 59.2 Å². The molecule has 3 rings (SSSR count). The van der Waals surface area contributed by atoms with Crippen LogP contribution in [0.3, 0.4) is 0 Å². The van der Waals surface area contributed by atoms with E-state index in [1.165, 1.54) is 28.7 Å². The minimum Gasteiger partial charge on any atom is -0.330 e. The highest BCUT2D eigenvalue weighted by Crippen LogP contribution is 2.29. The Balaban J connectivity index is 1.56. The Morgan fingerprint density at radius 1 is 1.11 bits per heavy atom. The number of hydrogen-bond acceptors (Lipinski definition) is 6. The van der Waals surface area contributed by atoms with E-state index in [0.717, 1.165) is 29.4 Å². The molecule has 0 aliphatic heterocycles. The van der Waals surface area contributed by atoms with E-state index in [4.69, 9.17) is 0 Å². The van der Waals surface area contributed by atoms with Gasteiger partial charge in [-0.25, -0.2) is 8.78 Å². The second-order valence-electron chi connectivity index (χ2n) is 5.78. The standard InChI is InChI=1S/C18H16F2N4OS2/c1-10-3-6-14(11(2)7-10)22-17-23-24-18(27-17)26-9-16(25)21-15-8-12(19)4-5-13(15)20/h3-8H,9H2,1-2H3,(H,21,25)(H,22,23). The summed E-state index contributed by atoms with van der Waals surface area (Å²) in [5.41, 5.74) is 3.02. The van der Waals surface area contributed by atoms with Crippen molar-refractivity contribution in [3.63, 3.8) is 0 Å². The molecule has 0 atom stereocenters. The summed E-state index contributed by atoms with van der Waals surface area (Å²) in [6, 6.07) is 8.94. The molecular weight excluding hydrogens is 390 g/mol. The molecule has 0 spiro atoms. The number of aromatic nitrogens is 2. The van der Waals surface area contributed by atoms with Crippen LogP contribution in [0.4, 0.5) is 25.3 Å². The maximum Gasteiger partial charge on any atom is 0.234 e. The third-order valence-electron chi connectivity index (χ3n) is 3.56. The number of anilines is 3. The Morgan fingerprint density at radius 3 is 2.70 bits per heavy atom. The Bertz CT molecular complexity index is 978. The lowest BCUT2D eigenvalue weighted by atomic mass is 10.1. The van der Waals surface area contributed by atoms with Crippen molar-refractivity contribution in [3.8, 4) is 0 Å². The Labute approximate surface area is 163 Å². The summed E-state index contributed by atoms with van der Waals surface area (Å²) in [5, 5.41) is 14.2. The van der Waals surface area contributed by atoms with Crippen LogP contribution in [0.15, 0.2) is 40.7 Å². The van der Waals surface area contributed by atoms with Crippen molar-refractivity contribution in [1.29, 1.82) is 0 Å². The van der Waals surface area contributed by atoms with E-state index in [0.29, 0.717) is 9.47 Å². The predicted molar refractivity (Wildman–Crippen MR) is 105 cm³/mol. The van der Waals surface area contributed by atoms with Gasteiger partial charge in [0.15, 0.2) is 4.34 Å². The highest BCUT2D eigenvalue weighted by atomic mass is 32.2. The number of benzene rings is 2. The first-order chi connectivity index (χ1) is 12.9. The Hall–Kier alpha value is -2.52. The number of halogens is 2. The highest BCUT2D eigenvalue weighted by molar-refractivity contribution is 8.01. The highest BCUT2D eigenvalue weighted by Gasteiger charge is 2.12. The normalized spacial score (nSPS) is 10.7. The van der Waals surface area contributed by atoms with Gasteiger partial charge in [-0.3, -0.25) is 4.79 Å². The van der Waals surface area contributed by atoms with Crippen molar-refractivity contribution in [1.82, 2.24) is 10.2 Å². The molecule has 0 aliphatic rings. The van der Waals surface area contributed by atoms with E-state index in [1.807, 2.05) is 26.0 Å². The summed E-state index contributed by atoms with van der Waals surface area (Å²) in [6.45, 7) is 4.03. The van der Waals surface area contributed by atoms with Crippen LogP contribution in [0.25, 0.3) is 0 Å². The Morgan fingerprint density at radius 2 is 1.93 bits per heavy atom. The van der Waals surface area contributed by atoms with E-state index in [-0.39, 0.29) is 11.4 Å². The average Bonchev–Trinajstić information content (AvgIpc) is 3.06. The van der Waals surface area contributed by atoms with Gasteiger partial charge < -0.3 is 10.6 Å². The van der Waals surface area contributed by atoms with E-state index in [9.17, 15) is 13.6 Å². The lowest BCUT2D eigenvalue weighted by Crippen LogP contribution is -2.15. The fraction of sp³-hybridized carbons (Fsp3) is 0.167. The molecule has 0 unspecified atom stereocenters. The zero-order chi connectivity index (χ0) is 19.4. The van der Waals surface area contributed by atoms with Crippen LogP contribution < -0.4 is 10.6 Å². The average molecular weight is 406 g/mol. The lowest BCUT2D eigenvalue weighted by molar-refractivity contribution is -0.113. The third kappa shape index (κ3) is 5.24. The fourth-order valence-electron chi connectivity index (χ4n) is 2.29. The zero-order valence-corrected chi connectivity index (χ0v) is 16.2. The molecule has 27 heavy (non-hydrogen) atoms. The van der Waals surface area contributed by atoms with Gasteiger partial charge in [-0.05, 0) is 37.6 Å². The van der Waals surface area contributed by atoms with E-state index in [2.05, 4.69) is 26.9 Å². The molecule has 3 aromatic rings. The summed E-state index contributed by atoms with van der Waals surface area (Å²) in [6.07, 6.45) is 0. The SMILES string of the molecule is Cc1ccc(Nc2nnc(SCC(=O)Nc3cc(F)ccc3F)s2)c(C)c1. The van der Waals surface area contributed by atoms with Gasteiger partial charge in [0.25, 0.3) is 0 Å². The molecule has 9 heteroatoms. The van der Waals surface area contributed by atoms with Crippen molar-refractivity contribution >= 4 is 45.5 Å². The number of aryl methyl sites for hydroxylation is 2. The lowest BCUT2D eigenvalue weighted by Gasteiger charge is -2.06. The molecule has 1 heterocycles. The van der Waals surface area contributed by atoms with Gasteiger partial charge in [0.1, 0.15) is 11.6 Å². The van der Waals surface area contributed by atoms with Crippen molar-refractivity contribution in [2.45, 2.75) is 18.2 Å². The second kappa shape index (κ2) is 8.45. The number of nitrogens with zero attached hydrogens (tertiary/aromatic N) is 2. The van der Waals surface area contributed by atoms with Gasteiger partial charge >= 0.3 is 0 Å². The van der Waals surface area contributed by atoms with Gasteiger partial charge in [0.05, 0.1) is 11.4 Å². The third-order valence-corrected chi connectivity index (χ3v) is 5.53. The maximum absolute atomic E-state index is 13.5. The fourth-order valence-corrected chi connectivity index (χ4v) is 3.86. The molecule has 5 nitrogen and oxygen atoms in total. The molecule has 0 saturated heterocycles. The van der Waals surface area contributed by atoms with Crippen LogP contribution in [-0.4, -0.2) is 21.9 Å². The topological polar surface area (TPSA) is 66.9 Å². The van der Waals surface area contributed by atoms with Crippen molar-refractivity contribution < 1.29 is 13.6 Å². The summed E-state index contributed by atoms with van der Waals surface area (Å²) in [5.74, 6) is -1.76. The number of thioether (sulfide) groups is 1. The van der Waals surface area contributed by atoms with Gasteiger partial charge in [0.2, 0.25) is 11.0 Å². The van der Waals surface area contributed by atoms with Crippen molar-refractivity contribution in [2.75, 3.05) is 16.4 Å². The summed E-state index contributed by atoms with van der Waals surface area (Å²) >= 11 is 2.48. The van der Waals surface area contributed by atoms with Crippen molar-refractivity contribution in [2.24, 2.45) is 0 Å². The van der Waals surface area contributed by atoms with Gasteiger partial charge in [-0.1, -0.05) is 40.8 Å². The number of nitrogens with one attached hydrogen (secondary N) is 2. The molecular formula is C18H16F2N4OS2. The second-order valence-corrected chi connectivity index (χ2v) is 7.98. The first-order valence-corrected chi connectivity index (χ1v) is 9.76. The smallest absolute Gasteiger partial charge is 0.234 e. The van der Waals surface area contributed by atoms with E-state index >= 15 is 0 Å². The Kier molecular flexibility index (Phi) is 6.02. The van der Waals surface area contributed by atoms with Crippen LogP contribution in [0, 0.1) is 25.5 Å². The molecule has 0 saturated carbocycles. The summed E-state index contributed by atoms with van der Waals surface area (Å²) in [7, 11) is 0. The van der Waals surface area contributed by atoms with Gasteiger partial charge in [-0.2, -0.15) is 0 Å². The first kappa shape index (κ1) is 19.2. The number of hydrogen-bond donors (Lipinski definition) is 2.